The van der Waals surface area contributed by atoms with Crippen molar-refractivity contribution in [2.75, 3.05) is 7.05 Å². The number of aromatic amines is 1. The number of rotatable bonds is 9. The third-order valence-electron chi connectivity index (χ3n) is 6.18. The van der Waals surface area contributed by atoms with Gasteiger partial charge in [0.2, 0.25) is 0 Å². The Kier molecular flexibility index (Phi) is 6.89. The topological polar surface area (TPSA) is 107 Å². The zero-order valence-corrected chi connectivity index (χ0v) is 19.9. The lowest BCUT2D eigenvalue weighted by atomic mass is 9.76. The summed E-state index contributed by atoms with van der Waals surface area (Å²) in [6.45, 7) is 3.58. The first-order valence-corrected chi connectivity index (χ1v) is 11.4. The maximum Gasteiger partial charge on any atom is 0.320 e. The number of hydrogen-bond donors (Lipinski definition) is 3. The van der Waals surface area contributed by atoms with Crippen molar-refractivity contribution in [3.63, 3.8) is 0 Å². The third kappa shape index (κ3) is 5.05. The summed E-state index contributed by atoms with van der Waals surface area (Å²) in [5, 5.41) is 14.4. The number of hydrogen-bond acceptors (Lipinski definition) is 5. The van der Waals surface area contributed by atoms with Crippen molar-refractivity contribution in [1.29, 1.82) is 0 Å². The minimum atomic E-state index is -0.986. The Labute approximate surface area is 204 Å². The largest absolute Gasteiger partial charge is 0.480 e. The molecular formula is C28H28N4O3. The van der Waals surface area contributed by atoms with Crippen molar-refractivity contribution < 1.29 is 14.7 Å². The fraction of sp³-hybridized carbons (Fsp3) is 0.214. The molecule has 7 nitrogen and oxygen atoms in total. The van der Waals surface area contributed by atoms with Gasteiger partial charge in [-0.1, -0.05) is 68.4 Å². The number of carboxylic acid groups (broad SMARTS) is 1. The van der Waals surface area contributed by atoms with Gasteiger partial charge in [0.1, 0.15) is 6.04 Å². The van der Waals surface area contributed by atoms with Crippen molar-refractivity contribution in [2.24, 2.45) is 10.4 Å². The molecule has 1 heterocycles. The predicted octanol–water partition coefficient (Wildman–Crippen LogP) is 5.25. The van der Waals surface area contributed by atoms with E-state index >= 15 is 0 Å². The van der Waals surface area contributed by atoms with Crippen LogP contribution < -0.4 is 5.32 Å². The molecule has 0 bridgehead atoms. The second kappa shape index (κ2) is 10.0. The van der Waals surface area contributed by atoms with Gasteiger partial charge in [0.25, 0.3) is 0 Å². The normalized spacial score (nSPS) is 12.8. The molecule has 3 N–H and O–H groups in total. The number of likely N-dealkylation sites (N-methyl/N-ethyl adjacent to an activating group) is 1. The summed E-state index contributed by atoms with van der Waals surface area (Å²) in [6.07, 6.45) is 5.07. The van der Waals surface area contributed by atoms with Gasteiger partial charge in [0.05, 0.1) is 30.1 Å². The van der Waals surface area contributed by atoms with Gasteiger partial charge in [-0.25, -0.2) is 4.98 Å². The van der Waals surface area contributed by atoms with Crippen LogP contribution in [0.25, 0.3) is 21.9 Å². The van der Waals surface area contributed by atoms with E-state index in [-0.39, 0.29) is 12.2 Å². The van der Waals surface area contributed by atoms with E-state index in [1.807, 2.05) is 54.6 Å². The van der Waals surface area contributed by atoms with E-state index in [9.17, 15) is 14.7 Å². The van der Waals surface area contributed by atoms with Gasteiger partial charge in [-0.2, -0.15) is 0 Å². The lowest BCUT2D eigenvalue weighted by Gasteiger charge is -2.28. The van der Waals surface area contributed by atoms with E-state index in [0.717, 1.165) is 27.6 Å². The van der Waals surface area contributed by atoms with E-state index in [4.69, 9.17) is 4.99 Å². The summed E-state index contributed by atoms with van der Waals surface area (Å²) >= 11 is 0. The third-order valence-corrected chi connectivity index (χ3v) is 6.18. The SMILES string of the molecule is CN[C@@H](CC(C)(C)C(=O)c1cccc(N=Cc2cnc[nH]2)c1-c1cccc2ccccc12)C(=O)O. The van der Waals surface area contributed by atoms with Crippen LogP contribution in [0.5, 0.6) is 0 Å². The molecule has 1 aromatic heterocycles. The Hall–Kier alpha value is -4.10. The van der Waals surface area contributed by atoms with Gasteiger partial charge in [-0.05, 0) is 35.9 Å². The highest BCUT2D eigenvalue weighted by atomic mass is 16.4. The van der Waals surface area contributed by atoms with Crippen LogP contribution in [0.1, 0.15) is 36.3 Å². The van der Waals surface area contributed by atoms with Crippen LogP contribution in [-0.2, 0) is 4.79 Å². The summed E-state index contributed by atoms with van der Waals surface area (Å²) in [4.78, 5) is 37.4. The van der Waals surface area contributed by atoms with Crippen LogP contribution in [-0.4, -0.2) is 46.1 Å². The van der Waals surface area contributed by atoms with E-state index in [2.05, 4.69) is 15.3 Å². The van der Waals surface area contributed by atoms with Crippen LogP contribution in [0.3, 0.4) is 0 Å². The number of aliphatic carboxylic acids is 1. The van der Waals surface area contributed by atoms with Crippen molar-refractivity contribution in [2.45, 2.75) is 26.3 Å². The van der Waals surface area contributed by atoms with E-state index in [1.54, 1.807) is 45.7 Å². The second-order valence-electron chi connectivity index (χ2n) is 9.09. The van der Waals surface area contributed by atoms with Crippen LogP contribution >= 0.6 is 0 Å². The quantitative estimate of drug-likeness (QED) is 0.230. The number of nitrogens with zero attached hydrogens (tertiary/aromatic N) is 2. The number of carboxylic acids is 1. The molecule has 0 radical (unpaired) electrons. The highest BCUT2D eigenvalue weighted by Crippen LogP contribution is 2.41. The first-order chi connectivity index (χ1) is 16.8. The predicted molar refractivity (Wildman–Crippen MR) is 138 cm³/mol. The number of Topliss-reactive ketones (excluding diaryl/α,β-unsaturated/α-hetero) is 1. The molecule has 0 aliphatic rings. The first kappa shape index (κ1) is 24.0. The number of fused-ring (bicyclic) bond motifs is 1. The number of aliphatic imine (C=N–C) groups is 1. The van der Waals surface area contributed by atoms with Crippen LogP contribution in [0.2, 0.25) is 0 Å². The second-order valence-corrected chi connectivity index (χ2v) is 9.09. The van der Waals surface area contributed by atoms with Crippen LogP contribution in [0.15, 0.2) is 78.2 Å². The van der Waals surface area contributed by atoms with E-state index < -0.39 is 17.4 Å². The van der Waals surface area contributed by atoms with E-state index in [0.29, 0.717) is 11.3 Å². The molecule has 0 saturated heterocycles. The van der Waals surface area contributed by atoms with Gasteiger partial charge in [0, 0.05) is 16.5 Å². The number of benzene rings is 3. The smallest absolute Gasteiger partial charge is 0.320 e. The standard InChI is InChI=1S/C28H28N4O3/c1-28(2,14-24(29-3)27(34)35)26(33)22-12-7-13-23(31-16-19-15-30-17-32-19)25(22)21-11-6-9-18-8-4-5-10-20(18)21/h4-13,15-17,24,29H,14H2,1-3H3,(H,30,32)(H,34,35)/t24-/m0/s1. The highest BCUT2D eigenvalue weighted by molar-refractivity contribution is 6.11. The molecule has 0 amide bonds. The Morgan fingerprint density at radius 3 is 2.57 bits per heavy atom. The Morgan fingerprint density at radius 2 is 1.86 bits per heavy atom. The molecule has 35 heavy (non-hydrogen) atoms. The molecule has 4 aromatic rings. The van der Waals surface area contributed by atoms with Crippen LogP contribution in [0, 0.1) is 5.41 Å². The van der Waals surface area contributed by atoms with Gasteiger partial charge in [0.15, 0.2) is 5.78 Å². The number of carbonyl (C=O) groups excluding carboxylic acids is 1. The summed E-state index contributed by atoms with van der Waals surface area (Å²) in [5.74, 6) is -1.12. The zero-order chi connectivity index (χ0) is 25.0. The number of nitrogens with one attached hydrogen (secondary N) is 2. The Bertz CT molecular complexity index is 1390. The van der Waals surface area contributed by atoms with Gasteiger partial charge in [-0.15, -0.1) is 0 Å². The van der Waals surface area contributed by atoms with Gasteiger partial charge < -0.3 is 15.4 Å². The van der Waals surface area contributed by atoms with Crippen molar-refractivity contribution >= 4 is 34.4 Å². The molecule has 0 unspecified atom stereocenters. The Balaban J connectivity index is 1.90. The monoisotopic (exact) mass is 468 g/mol. The lowest BCUT2D eigenvalue weighted by molar-refractivity contribution is -0.140. The highest BCUT2D eigenvalue weighted by Gasteiger charge is 2.35. The summed E-state index contributed by atoms with van der Waals surface area (Å²) < 4.78 is 0. The fourth-order valence-corrected chi connectivity index (χ4v) is 4.32. The summed E-state index contributed by atoms with van der Waals surface area (Å²) in [6, 6.07) is 18.6. The Morgan fingerprint density at radius 1 is 1.11 bits per heavy atom. The molecule has 0 saturated carbocycles. The molecule has 0 spiro atoms. The number of carbonyl (C=O) groups is 2. The van der Waals surface area contributed by atoms with Gasteiger partial charge >= 0.3 is 5.97 Å². The maximum absolute atomic E-state index is 14.0. The molecule has 178 valence electrons. The summed E-state index contributed by atoms with van der Waals surface area (Å²) in [5.41, 5.74) is 2.56. The number of ketones is 1. The average molecular weight is 469 g/mol. The van der Waals surface area contributed by atoms with E-state index in [1.165, 1.54) is 0 Å². The number of aromatic nitrogens is 2. The summed E-state index contributed by atoms with van der Waals surface area (Å²) in [7, 11) is 1.59. The molecule has 7 heteroatoms. The average Bonchev–Trinajstić information content (AvgIpc) is 3.38. The maximum atomic E-state index is 14.0. The van der Waals surface area contributed by atoms with Crippen molar-refractivity contribution in [3.05, 3.63) is 84.4 Å². The minimum Gasteiger partial charge on any atom is -0.480 e. The number of H-pyrrole nitrogens is 1. The van der Waals surface area contributed by atoms with Crippen molar-refractivity contribution in [1.82, 2.24) is 15.3 Å². The van der Waals surface area contributed by atoms with Crippen LogP contribution in [0.4, 0.5) is 5.69 Å². The number of imidazole rings is 1. The first-order valence-electron chi connectivity index (χ1n) is 11.4. The molecule has 0 aliphatic heterocycles. The molecular weight excluding hydrogens is 440 g/mol. The van der Waals surface area contributed by atoms with Crippen molar-refractivity contribution in [3.8, 4) is 11.1 Å². The lowest BCUT2D eigenvalue weighted by Crippen LogP contribution is -2.40. The minimum absolute atomic E-state index is 0.138. The molecule has 0 fully saturated rings. The molecule has 1 atom stereocenters. The molecule has 3 aromatic carbocycles. The van der Waals surface area contributed by atoms with Gasteiger partial charge in [-0.3, -0.25) is 14.6 Å². The fourth-order valence-electron chi connectivity index (χ4n) is 4.32. The molecule has 4 rings (SSSR count). The molecule has 0 aliphatic carbocycles. The zero-order valence-electron chi connectivity index (χ0n) is 19.9.